The Kier molecular flexibility index (Phi) is 3.11. The number of aryl methyl sites for hydroxylation is 1. The van der Waals surface area contributed by atoms with E-state index in [2.05, 4.69) is 0 Å². The molecule has 0 spiro atoms. The van der Waals surface area contributed by atoms with Gasteiger partial charge in [-0.25, -0.2) is 8.78 Å². The molecular weight excluding hydrogens is 222 g/mol. The number of aliphatic hydroxyl groups is 1. The first-order valence-corrected chi connectivity index (χ1v) is 5.54. The average molecular weight is 236 g/mol. The molecule has 0 fully saturated rings. The first-order chi connectivity index (χ1) is 8.06. The Morgan fingerprint density at radius 3 is 2.35 bits per heavy atom. The van der Waals surface area contributed by atoms with Crippen molar-refractivity contribution in [3.05, 3.63) is 47.5 Å². The Morgan fingerprint density at radius 2 is 1.71 bits per heavy atom. The van der Waals surface area contributed by atoms with E-state index < -0.39 is 19.0 Å². The van der Waals surface area contributed by atoms with Crippen molar-refractivity contribution in [2.75, 3.05) is 6.61 Å². The van der Waals surface area contributed by atoms with Crippen LogP contribution in [0.1, 0.15) is 17.5 Å². The van der Waals surface area contributed by atoms with Gasteiger partial charge in [0.15, 0.2) is 0 Å². The topological polar surface area (TPSA) is 20.2 Å². The summed E-state index contributed by atoms with van der Waals surface area (Å²) < 4.78 is 27.7. The summed E-state index contributed by atoms with van der Waals surface area (Å²) in [7, 11) is 0. The zero-order chi connectivity index (χ0) is 12.5. The molecule has 0 bridgehead atoms. The molecule has 0 saturated heterocycles. The monoisotopic (exact) mass is 236 g/mol. The first-order valence-electron chi connectivity index (χ1n) is 5.54. The maximum absolute atomic E-state index is 13.9. The summed E-state index contributed by atoms with van der Waals surface area (Å²) in [6, 6.07) is 10.3. The van der Waals surface area contributed by atoms with E-state index in [1.54, 1.807) is 18.2 Å². The number of aliphatic hydroxyl groups excluding tert-OH is 1. The minimum absolute atomic E-state index is 0.00671. The molecule has 2 rings (SSSR count). The zero-order valence-electron chi connectivity index (χ0n) is 9.58. The summed E-state index contributed by atoms with van der Waals surface area (Å²) in [4.78, 5) is 0. The molecule has 0 aliphatic rings. The second-order valence-corrected chi connectivity index (χ2v) is 4.15. The van der Waals surface area contributed by atoms with E-state index in [0.717, 1.165) is 10.9 Å². The van der Waals surface area contributed by atoms with Crippen LogP contribution in [0.15, 0.2) is 36.4 Å². The third-order valence-corrected chi connectivity index (χ3v) is 2.96. The number of hydrogen-bond donors (Lipinski definition) is 1. The fourth-order valence-corrected chi connectivity index (χ4v) is 2.04. The summed E-state index contributed by atoms with van der Waals surface area (Å²) in [6.45, 7) is 1.38. The lowest BCUT2D eigenvalue weighted by Crippen LogP contribution is -2.15. The second-order valence-electron chi connectivity index (χ2n) is 4.15. The Morgan fingerprint density at radius 1 is 1.06 bits per heavy atom. The van der Waals surface area contributed by atoms with Crippen molar-refractivity contribution in [3.8, 4) is 0 Å². The normalized spacial score (nSPS) is 12.0. The van der Waals surface area contributed by atoms with Crippen molar-refractivity contribution >= 4 is 10.8 Å². The fourth-order valence-electron chi connectivity index (χ4n) is 2.04. The van der Waals surface area contributed by atoms with Crippen LogP contribution in [-0.4, -0.2) is 11.7 Å². The largest absolute Gasteiger partial charge is 0.396 e. The molecule has 90 valence electrons. The highest BCUT2D eigenvalue weighted by atomic mass is 19.3. The highest BCUT2D eigenvalue weighted by Crippen LogP contribution is 2.36. The molecule has 1 nitrogen and oxygen atoms in total. The van der Waals surface area contributed by atoms with E-state index >= 15 is 0 Å². The van der Waals surface area contributed by atoms with Gasteiger partial charge in [-0.2, -0.15) is 0 Å². The van der Waals surface area contributed by atoms with Gasteiger partial charge in [-0.15, -0.1) is 0 Å². The van der Waals surface area contributed by atoms with Gasteiger partial charge in [0, 0.05) is 18.6 Å². The van der Waals surface area contributed by atoms with Gasteiger partial charge in [-0.05, 0) is 23.3 Å². The molecule has 2 aromatic carbocycles. The molecule has 0 unspecified atom stereocenters. The smallest absolute Gasteiger partial charge is 0.276 e. The van der Waals surface area contributed by atoms with Gasteiger partial charge < -0.3 is 5.11 Å². The van der Waals surface area contributed by atoms with Crippen LogP contribution in [0, 0.1) is 6.92 Å². The predicted octanol–water partition coefficient (Wildman–Crippen LogP) is 3.62. The second kappa shape index (κ2) is 4.41. The molecule has 3 heteroatoms. The molecular formula is C14H14F2O. The van der Waals surface area contributed by atoms with E-state index in [0.29, 0.717) is 5.39 Å². The van der Waals surface area contributed by atoms with Gasteiger partial charge in [-0.3, -0.25) is 0 Å². The van der Waals surface area contributed by atoms with Gasteiger partial charge >= 0.3 is 0 Å². The Labute approximate surface area is 98.7 Å². The van der Waals surface area contributed by atoms with Crippen LogP contribution < -0.4 is 0 Å². The summed E-state index contributed by atoms with van der Waals surface area (Å²) in [5.41, 5.74) is 0.969. The van der Waals surface area contributed by atoms with Gasteiger partial charge in [-0.1, -0.05) is 36.4 Å². The predicted molar refractivity (Wildman–Crippen MR) is 64.3 cm³/mol. The first kappa shape index (κ1) is 12.0. The highest BCUT2D eigenvalue weighted by Gasteiger charge is 2.32. The lowest BCUT2D eigenvalue weighted by Gasteiger charge is -2.18. The summed E-state index contributed by atoms with van der Waals surface area (Å²) >= 11 is 0. The molecule has 0 atom stereocenters. The maximum Gasteiger partial charge on any atom is 0.276 e. The lowest BCUT2D eigenvalue weighted by molar-refractivity contribution is -0.0255. The van der Waals surface area contributed by atoms with Crippen molar-refractivity contribution in [2.24, 2.45) is 0 Å². The molecule has 1 N–H and O–H groups in total. The number of halogens is 2. The standard InChI is InChI=1S/C14H14F2O/c1-10-6-7-13(14(15,16)8-9-17)12-5-3-2-4-11(10)12/h2-7,17H,8-9H2,1H3. The minimum Gasteiger partial charge on any atom is -0.396 e. The third kappa shape index (κ3) is 2.15. The van der Waals surface area contributed by atoms with Gasteiger partial charge in [0.05, 0.1) is 0 Å². The summed E-state index contributed by atoms with van der Waals surface area (Å²) in [5.74, 6) is -2.98. The summed E-state index contributed by atoms with van der Waals surface area (Å²) in [5, 5.41) is 10.1. The molecule has 0 radical (unpaired) electrons. The van der Waals surface area contributed by atoms with E-state index in [1.807, 2.05) is 19.1 Å². The molecule has 0 aliphatic carbocycles. The number of rotatable bonds is 3. The van der Waals surface area contributed by atoms with Crippen LogP contribution in [0.2, 0.25) is 0 Å². The minimum atomic E-state index is -2.98. The maximum atomic E-state index is 13.9. The Balaban J connectivity index is 2.67. The molecule has 0 saturated carbocycles. The summed E-state index contributed by atoms with van der Waals surface area (Å²) in [6.07, 6.45) is -0.542. The van der Waals surface area contributed by atoms with Gasteiger partial charge in [0.2, 0.25) is 0 Å². The SMILES string of the molecule is Cc1ccc(C(F)(F)CCO)c2ccccc12. The van der Waals surface area contributed by atoms with Crippen LogP contribution in [0.3, 0.4) is 0 Å². The molecule has 0 aromatic heterocycles. The van der Waals surface area contributed by atoms with E-state index in [-0.39, 0.29) is 5.56 Å². The zero-order valence-corrected chi connectivity index (χ0v) is 9.58. The molecule has 17 heavy (non-hydrogen) atoms. The van der Waals surface area contributed by atoms with Crippen LogP contribution >= 0.6 is 0 Å². The third-order valence-electron chi connectivity index (χ3n) is 2.96. The average Bonchev–Trinajstić information content (AvgIpc) is 2.29. The van der Waals surface area contributed by atoms with Gasteiger partial charge in [0.1, 0.15) is 0 Å². The van der Waals surface area contributed by atoms with Crippen molar-refractivity contribution in [1.82, 2.24) is 0 Å². The van der Waals surface area contributed by atoms with E-state index in [9.17, 15) is 8.78 Å². The van der Waals surface area contributed by atoms with Crippen LogP contribution in [0.5, 0.6) is 0 Å². The fraction of sp³-hybridized carbons (Fsp3) is 0.286. The molecule has 0 amide bonds. The van der Waals surface area contributed by atoms with Crippen molar-refractivity contribution < 1.29 is 13.9 Å². The highest BCUT2D eigenvalue weighted by molar-refractivity contribution is 5.89. The van der Waals surface area contributed by atoms with Crippen molar-refractivity contribution in [3.63, 3.8) is 0 Å². The lowest BCUT2D eigenvalue weighted by atomic mass is 9.95. The molecule has 0 aliphatic heterocycles. The van der Waals surface area contributed by atoms with Crippen molar-refractivity contribution in [1.29, 1.82) is 0 Å². The quantitative estimate of drug-likeness (QED) is 0.862. The number of fused-ring (bicyclic) bond motifs is 1. The molecule has 2 aromatic rings. The van der Waals surface area contributed by atoms with E-state index in [4.69, 9.17) is 5.11 Å². The Bertz CT molecular complexity index is 535. The Hall–Kier alpha value is -1.48. The van der Waals surface area contributed by atoms with Crippen LogP contribution in [0.25, 0.3) is 10.8 Å². The number of benzene rings is 2. The van der Waals surface area contributed by atoms with Crippen molar-refractivity contribution in [2.45, 2.75) is 19.3 Å². The van der Waals surface area contributed by atoms with Crippen LogP contribution in [0.4, 0.5) is 8.78 Å². The number of alkyl halides is 2. The van der Waals surface area contributed by atoms with Gasteiger partial charge in [0.25, 0.3) is 5.92 Å². The van der Waals surface area contributed by atoms with Crippen LogP contribution in [-0.2, 0) is 5.92 Å². The van der Waals surface area contributed by atoms with E-state index in [1.165, 1.54) is 6.07 Å². The number of hydrogen-bond acceptors (Lipinski definition) is 1. The molecule has 0 heterocycles.